The molecule has 0 aliphatic heterocycles. The highest BCUT2D eigenvalue weighted by Crippen LogP contribution is 2.45. The topological polar surface area (TPSA) is 237 Å². The summed E-state index contributed by atoms with van der Waals surface area (Å²) in [5, 5.41) is 10.7. The third-order valence-electron chi connectivity index (χ3n) is 23.1. The van der Waals surface area contributed by atoms with Crippen molar-refractivity contribution < 1.29 is 80.2 Å². The summed E-state index contributed by atoms with van der Waals surface area (Å²) in [6.07, 6.45) is 83.6. The number of hydrogen-bond donors (Lipinski definition) is 3. The zero-order valence-corrected chi connectivity index (χ0v) is 77.9. The summed E-state index contributed by atoms with van der Waals surface area (Å²) in [6, 6.07) is 0. The van der Waals surface area contributed by atoms with Gasteiger partial charge in [-0.1, -0.05) is 472 Å². The number of esters is 4. The number of ether oxygens (including phenoxy) is 4. The van der Waals surface area contributed by atoms with Crippen molar-refractivity contribution in [1.29, 1.82) is 0 Å². The zero-order chi connectivity index (χ0) is 84.1. The summed E-state index contributed by atoms with van der Waals surface area (Å²) in [5.74, 6) is -0.494. The largest absolute Gasteiger partial charge is 0.472 e. The second kappa shape index (κ2) is 87.0. The third kappa shape index (κ3) is 88.2. The molecular formula is C96H188O17P2. The maximum Gasteiger partial charge on any atom is 0.472 e. The van der Waals surface area contributed by atoms with E-state index in [2.05, 4.69) is 41.5 Å². The van der Waals surface area contributed by atoms with Gasteiger partial charge < -0.3 is 33.8 Å². The first-order valence-corrected chi connectivity index (χ1v) is 52.5. The highest BCUT2D eigenvalue weighted by atomic mass is 31.2. The molecule has 0 aromatic carbocycles. The van der Waals surface area contributed by atoms with Crippen LogP contribution in [0.2, 0.25) is 0 Å². The number of phosphoric acid groups is 2. The zero-order valence-electron chi connectivity index (χ0n) is 76.1. The van der Waals surface area contributed by atoms with Crippen molar-refractivity contribution in [2.24, 2.45) is 11.8 Å². The Bertz CT molecular complexity index is 2190. The minimum absolute atomic E-state index is 0.109. The van der Waals surface area contributed by atoms with Gasteiger partial charge in [0.2, 0.25) is 0 Å². The van der Waals surface area contributed by atoms with Gasteiger partial charge in [0.1, 0.15) is 19.3 Å². The van der Waals surface area contributed by atoms with Crippen LogP contribution in [0.25, 0.3) is 0 Å². The average molecular weight is 1680 g/mol. The van der Waals surface area contributed by atoms with E-state index in [1.165, 1.54) is 340 Å². The van der Waals surface area contributed by atoms with Crippen LogP contribution in [0.3, 0.4) is 0 Å². The first-order chi connectivity index (χ1) is 55.9. The summed E-state index contributed by atoms with van der Waals surface area (Å²) in [6.45, 7) is 9.77. The number of carbonyl (C=O) groups excluding carboxylic acids is 4. The molecule has 3 unspecified atom stereocenters. The van der Waals surface area contributed by atoms with E-state index in [1.807, 2.05) is 0 Å². The smallest absolute Gasteiger partial charge is 0.462 e. The molecule has 684 valence electrons. The quantitative estimate of drug-likeness (QED) is 0.0222. The van der Waals surface area contributed by atoms with Crippen LogP contribution in [-0.2, 0) is 65.4 Å². The van der Waals surface area contributed by atoms with E-state index in [-0.39, 0.29) is 25.7 Å². The molecule has 0 saturated heterocycles. The molecule has 0 bridgehead atoms. The average Bonchev–Trinajstić information content (AvgIpc) is 0.898. The lowest BCUT2D eigenvalue weighted by Crippen LogP contribution is -2.30. The number of hydrogen-bond acceptors (Lipinski definition) is 15. The summed E-state index contributed by atoms with van der Waals surface area (Å²) in [5.41, 5.74) is 0. The lowest BCUT2D eigenvalue weighted by molar-refractivity contribution is -0.161. The molecule has 0 saturated carbocycles. The van der Waals surface area contributed by atoms with Crippen molar-refractivity contribution in [3.8, 4) is 0 Å². The highest BCUT2D eigenvalue weighted by molar-refractivity contribution is 7.47. The summed E-state index contributed by atoms with van der Waals surface area (Å²) >= 11 is 0. The first-order valence-electron chi connectivity index (χ1n) is 49.5. The van der Waals surface area contributed by atoms with Gasteiger partial charge >= 0.3 is 39.5 Å². The van der Waals surface area contributed by atoms with Gasteiger partial charge in [-0.2, -0.15) is 0 Å². The van der Waals surface area contributed by atoms with Crippen molar-refractivity contribution in [3.05, 3.63) is 0 Å². The minimum atomic E-state index is -4.97. The van der Waals surface area contributed by atoms with Gasteiger partial charge in [0.05, 0.1) is 26.4 Å². The number of unbranched alkanes of at least 4 members (excludes halogenated alkanes) is 64. The third-order valence-corrected chi connectivity index (χ3v) is 25.0. The van der Waals surface area contributed by atoms with Crippen molar-refractivity contribution >= 4 is 39.5 Å². The molecule has 0 amide bonds. The van der Waals surface area contributed by atoms with Crippen molar-refractivity contribution in [2.45, 2.75) is 541 Å². The molecule has 19 heteroatoms. The molecule has 3 N–H and O–H groups in total. The number of aliphatic hydroxyl groups excluding tert-OH is 1. The number of carbonyl (C=O) groups is 4. The first kappa shape index (κ1) is 113. The molecule has 0 rings (SSSR count). The molecule has 17 nitrogen and oxygen atoms in total. The van der Waals surface area contributed by atoms with Gasteiger partial charge in [0, 0.05) is 25.7 Å². The van der Waals surface area contributed by atoms with Gasteiger partial charge in [0.15, 0.2) is 12.2 Å². The van der Waals surface area contributed by atoms with Crippen molar-refractivity contribution in [1.82, 2.24) is 0 Å². The Morgan fingerprint density at radius 2 is 0.443 bits per heavy atom. The Balaban J connectivity index is 5.24. The maximum atomic E-state index is 13.2. The Morgan fingerprint density at radius 1 is 0.252 bits per heavy atom. The van der Waals surface area contributed by atoms with Crippen LogP contribution in [0, 0.1) is 11.8 Å². The predicted octanol–water partition coefficient (Wildman–Crippen LogP) is 30.1. The molecule has 6 atom stereocenters. The molecule has 0 aromatic rings. The monoisotopic (exact) mass is 1680 g/mol. The second-order valence-corrected chi connectivity index (χ2v) is 38.1. The fourth-order valence-electron chi connectivity index (χ4n) is 15.2. The Morgan fingerprint density at radius 3 is 0.661 bits per heavy atom. The summed E-state index contributed by atoms with van der Waals surface area (Å²) in [4.78, 5) is 73.6. The van der Waals surface area contributed by atoms with Crippen LogP contribution in [-0.4, -0.2) is 96.7 Å². The lowest BCUT2D eigenvalue weighted by atomic mass is 9.99. The maximum absolute atomic E-state index is 13.2. The molecule has 0 spiro atoms. The van der Waals surface area contributed by atoms with E-state index in [9.17, 15) is 43.2 Å². The van der Waals surface area contributed by atoms with Crippen LogP contribution in [0.15, 0.2) is 0 Å². The van der Waals surface area contributed by atoms with Crippen molar-refractivity contribution in [2.75, 3.05) is 39.6 Å². The SMILES string of the molecule is CCCCCCCCCCCCCCCCCCCCCCCC(=O)OC[C@H](COP(=O)(O)OC[C@@H](O)COP(=O)(O)OC[C@@H](COC(=O)CCCCCCCCCCC(C)CC)OC(=O)CCCCCCCCCCCCCCCCCCCCCCC)OC(=O)CCCCCCCCCCCCCCCCCCCCC(C)C. The molecule has 0 heterocycles. The molecule has 0 fully saturated rings. The van der Waals surface area contributed by atoms with Gasteiger partial charge in [0.25, 0.3) is 0 Å². The Labute approximate surface area is 708 Å². The molecule has 0 radical (unpaired) electrons. The second-order valence-electron chi connectivity index (χ2n) is 35.2. The van der Waals surface area contributed by atoms with Crippen LogP contribution in [0.4, 0.5) is 0 Å². The van der Waals surface area contributed by atoms with E-state index < -0.39 is 97.5 Å². The predicted molar refractivity (Wildman–Crippen MR) is 478 cm³/mol. The minimum Gasteiger partial charge on any atom is -0.462 e. The Hall–Kier alpha value is -1.94. The molecular weight excluding hydrogens is 1490 g/mol. The summed E-state index contributed by atoms with van der Waals surface area (Å²) < 4.78 is 69.2. The van der Waals surface area contributed by atoms with Crippen LogP contribution >= 0.6 is 15.6 Å². The van der Waals surface area contributed by atoms with Crippen molar-refractivity contribution in [3.63, 3.8) is 0 Å². The number of phosphoric ester groups is 2. The normalized spacial score (nSPS) is 13.9. The van der Waals surface area contributed by atoms with E-state index in [4.69, 9.17) is 37.0 Å². The fraction of sp³-hybridized carbons (Fsp3) is 0.958. The van der Waals surface area contributed by atoms with E-state index in [0.717, 1.165) is 102 Å². The molecule has 115 heavy (non-hydrogen) atoms. The van der Waals surface area contributed by atoms with Crippen LogP contribution in [0.1, 0.15) is 523 Å². The van der Waals surface area contributed by atoms with E-state index >= 15 is 0 Å². The molecule has 0 aliphatic carbocycles. The van der Waals surface area contributed by atoms with Crippen LogP contribution in [0.5, 0.6) is 0 Å². The number of aliphatic hydroxyl groups is 1. The van der Waals surface area contributed by atoms with Gasteiger partial charge in [-0.3, -0.25) is 37.3 Å². The molecule has 0 aliphatic rings. The summed E-state index contributed by atoms with van der Waals surface area (Å²) in [7, 11) is -9.94. The number of rotatable bonds is 95. The Kier molecular flexibility index (Phi) is 85.5. The van der Waals surface area contributed by atoms with Gasteiger partial charge in [-0.15, -0.1) is 0 Å². The lowest BCUT2D eigenvalue weighted by Gasteiger charge is -2.21. The molecule has 0 aromatic heterocycles. The van der Waals surface area contributed by atoms with E-state index in [0.29, 0.717) is 25.7 Å². The van der Waals surface area contributed by atoms with Gasteiger partial charge in [-0.05, 0) is 37.5 Å². The van der Waals surface area contributed by atoms with E-state index in [1.54, 1.807) is 0 Å². The fourth-order valence-corrected chi connectivity index (χ4v) is 16.7. The highest BCUT2D eigenvalue weighted by Gasteiger charge is 2.31. The standard InChI is InChI=1S/C96H188O17P2/c1-7-10-12-14-16-18-20-22-24-26-28-30-32-37-41-45-49-53-60-66-72-78-93(98)106-84-91(112-95(100)80-74-69-63-55-51-47-43-39-35-34-36-40-44-48-52-58-64-70-76-88(4)5)86-110-114(102,103)108-82-90(97)83-109-115(104,105)111-87-92(85-107-94(99)79-73-67-61-57-56-59-65-71-77-89(6)9-3)113-96(101)81-75-68-62-54-50-46-42-38-33-31-29-27-25-23-21-19-17-15-13-11-8-2/h88-92,97H,7-87H2,1-6H3,(H,102,103)(H,104,105)/t89?,90-,91-,92-/m1/s1. The van der Waals surface area contributed by atoms with Gasteiger partial charge in [-0.25, -0.2) is 9.13 Å². The van der Waals surface area contributed by atoms with Crippen LogP contribution < -0.4 is 0 Å².